The number of nitrogen functional groups attached to an aromatic ring is 1. The van der Waals surface area contributed by atoms with Crippen LogP contribution in [0.1, 0.15) is 0 Å². The van der Waals surface area contributed by atoms with Crippen molar-refractivity contribution >= 4 is 23.1 Å². The summed E-state index contributed by atoms with van der Waals surface area (Å²) in [7, 11) is 0. The van der Waals surface area contributed by atoms with Gasteiger partial charge in [-0.25, -0.2) is 4.98 Å². The lowest BCUT2D eigenvalue weighted by atomic mass is 10.00. The Morgan fingerprint density at radius 1 is 1.09 bits per heavy atom. The first-order valence-corrected chi connectivity index (χ1v) is 6.91. The monoisotopic (exact) mass is 327 g/mol. The van der Waals surface area contributed by atoms with Crippen molar-refractivity contribution in [1.29, 1.82) is 0 Å². The predicted octanol–water partition coefficient (Wildman–Crippen LogP) is 3.35. The summed E-state index contributed by atoms with van der Waals surface area (Å²) in [6.07, 6.45) is 6.23. The minimum Gasteiger partial charge on any atom is -0.378 e. The molecule has 2 N–H and O–H groups in total. The van der Waals surface area contributed by atoms with Gasteiger partial charge in [-0.05, 0) is 23.8 Å². The summed E-state index contributed by atoms with van der Waals surface area (Å²) in [6.45, 7) is 0. The molecule has 3 aromatic heterocycles. The number of rotatable bonds is 3. The quantitative estimate of drug-likeness (QED) is 0.583. The number of halogens is 1. The number of nitrogens with two attached hydrogens (primary N) is 1. The minimum atomic E-state index is -0.565. The van der Waals surface area contributed by atoms with E-state index < -0.39 is 4.92 Å². The number of anilines is 1. The highest BCUT2D eigenvalue weighted by Gasteiger charge is 2.21. The summed E-state index contributed by atoms with van der Waals surface area (Å²) in [4.78, 5) is 22.7. The van der Waals surface area contributed by atoms with Crippen LogP contribution in [0.5, 0.6) is 0 Å². The van der Waals surface area contributed by atoms with Crippen LogP contribution in [-0.2, 0) is 0 Å². The summed E-state index contributed by atoms with van der Waals surface area (Å²) in [5.41, 5.74) is 7.78. The molecule has 0 aliphatic carbocycles. The molecule has 0 aromatic carbocycles. The molecule has 0 aliphatic rings. The highest BCUT2D eigenvalue weighted by Crippen LogP contribution is 2.37. The van der Waals surface area contributed by atoms with E-state index in [0.717, 1.165) is 5.56 Å². The van der Waals surface area contributed by atoms with Gasteiger partial charge in [-0.2, -0.15) is 0 Å². The molecule has 3 rings (SSSR count). The van der Waals surface area contributed by atoms with Crippen LogP contribution in [-0.4, -0.2) is 19.9 Å². The summed E-state index contributed by atoms with van der Waals surface area (Å²) >= 11 is 6.18. The Hall–Kier alpha value is -3.06. The van der Waals surface area contributed by atoms with Crippen LogP contribution in [0.4, 0.5) is 11.5 Å². The fourth-order valence-electron chi connectivity index (χ4n) is 2.19. The fourth-order valence-corrected chi connectivity index (χ4v) is 2.40. The van der Waals surface area contributed by atoms with Crippen molar-refractivity contribution in [3.05, 3.63) is 64.2 Å². The van der Waals surface area contributed by atoms with E-state index in [1.165, 1.54) is 12.3 Å². The molecule has 0 aliphatic heterocycles. The molecular formula is C15H10ClN5O2. The highest BCUT2D eigenvalue weighted by molar-refractivity contribution is 6.33. The first-order valence-electron chi connectivity index (χ1n) is 6.53. The lowest BCUT2D eigenvalue weighted by molar-refractivity contribution is -0.384. The van der Waals surface area contributed by atoms with Gasteiger partial charge in [0.2, 0.25) is 5.82 Å². The molecule has 0 saturated carbocycles. The number of hydrogen-bond donors (Lipinski definition) is 1. The third-order valence-electron chi connectivity index (χ3n) is 3.25. The van der Waals surface area contributed by atoms with E-state index in [2.05, 4.69) is 15.0 Å². The second-order valence-electron chi connectivity index (χ2n) is 4.64. The Morgan fingerprint density at radius 2 is 1.78 bits per heavy atom. The molecule has 3 aromatic rings. The molecule has 0 bridgehead atoms. The lowest BCUT2D eigenvalue weighted by Crippen LogP contribution is -2.02. The molecule has 0 unspecified atom stereocenters. The van der Waals surface area contributed by atoms with Gasteiger partial charge >= 0.3 is 5.69 Å². The maximum absolute atomic E-state index is 11.2. The average molecular weight is 328 g/mol. The molecule has 0 amide bonds. The molecule has 114 valence electrons. The zero-order chi connectivity index (χ0) is 16.4. The van der Waals surface area contributed by atoms with Gasteiger partial charge in [-0.15, -0.1) is 0 Å². The smallest absolute Gasteiger partial charge is 0.311 e. The topological polar surface area (TPSA) is 108 Å². The van der Waals surface area contributed by atoms with E-state index >= 15 is 0 Å². The van der Waals surface area contributed by atoms with Gasteiger partial charge in [0, 0.05) is 42.0 Å². The Kier molecular flexibility index (Phi) is 3.86. The van der Waals surface area contributed by atoms with Crippen molar-refractivity contribution in [2.45, 2.75) is 0 Å². The van der Waals surface area contributed by atoms with Gasteiger partial charge in [0.05, 0.1) is 15.6 Å². The van der Waals surface area contributed by atoms with Crippen molar-refractivity contribution in [2.24, 2.45) is 0 Å². The Balaban J connectivity index is 2.33. The van der Waals surface area contributed by atoms with Crippen LogP contribution in [0.3, 0.4) is 0 Å². The zero-order valence-corrected chi connectivity index (χ0v) is 12.4. The summed E-state index contributed by atoms with van der Waals surface area (Å²) in [6, 6.07) is 6.54. The molecule has 7 nitrogen and oxygen atoms in total. The zero-order valence-electron chi connectivity index (χ0n) is 11.7. The fraction of sp³-hybridized carbons (Fsp3) is 0. The van der Waals surface area contributed by atoms with E-state index in [9.17, 15) is 10.1 Å². The predicted molar refractivity (Wildman–Crippen MR) is 86.8 cm³/mol. The van der Waals surface area contributed by atoms with Crippen LogP contribution >= 0.6 is 11.6 Å². The number of hydrogen-bond acceptors (Lipinski definition) is 6. The third kappa shape index (κ3) is 2.82. The largest absolute Gasteiger partial charge is 0.378 e. The molecule has 0 atom stereocenters. The average Bonchev–Trinajstić information content (AvgIpc) is 2.55. The van der Waals surface area contributed by atoms with E-state index in [-0.39, 0.29) is 11.5 Å². The number of aromatic nitrogens is 3. The first-order chi connectivity index (χ1) is 11.1. The number of pyridine rings is 3. The van der Waals surface area contributed by atoms with Gasteiger partial charge in [0.1, 0.15) is 0 Å². The molecule has 0 radical (unpaired) electrons. The van der Waals surface area contributed by atoms with Gasteiger partial charge < -0.3 is 5.73 Å². The SMILES string of the molecule is Nc1nc(-c2ccncc2Cl)c(-c2ccncc2)cc1[N+](=O)[O-]. The van der Waals surface area contributed by atoms with Gasteiger partial charge in [0.25, 0.3) is 0 Å². The van der Waals surface area contributed by atoms with Crippen molar-refractivity contribution < 1.29 is 4.92 Å². The van der Waals surface area contributed by atoms with Gasteiger partial charge in [-0.1, -0.05) is 11.6 Å². The van der Waals surface area contributed by atoms with Crippen LogP contribution in [0.25, 0.3) is 22.4 Å². The van der Waals surface area contributed by atoms with E-state index in [0.29, 0.717) is 21.8 Å². The summed E-state index contributed by atoms with van der Waals surface area (Å²) < 4.78 is 0. The third-order valence-corrected chi connectivity index (χ3v) is 3.55. The minimum absolute atomic E-state index is 0.171. The standard InChI is InChI=1S/C15H10ClN5O2/c16-12-8-19-6-3-10(12)14-11(9-1-4-18-5-2-9)7-13(21(22)23)15(17)20-14/h1-8H,(H2,17,20). The van der Waals surface area contributed by atoms with Crippen molar-refractivity contribution in [3.8, 4) is 22.4 Å². The van der Waals surface area contributed by atoms with Crippen molar-refractivity contribution in [3.63, 3.8) is 0 Å². The van der Waals surface area contributed by atoms with Gasteiger partial charge in [0.15, 0.2) is 0 Å². The van der Waals surface area contributed by atoms with Crippen molar-refractivity contribution in [2.75, 3.05) is 5.73 Å². The lowest BCUT2D eigenvalue weighted by Gasteiger charge is -2.11. The molecular weight excluding hydrogens is 318 g/mol. The number of nitro groups is 1. The Bertz CT molecular complexity index is 886. The van der Waals surface area contributed by atoms with Crippen LogP contribution < -0.4 is 5.73 Å². The second-order valence-corrected chi connectivity index (χ2v) is 5.04. The molecule has 0 saturated heterocycles. The maximum Gasteiger partial charge on any atom is 0.311 e. The normalized spacial score (nSPS) is 10.5. The highest BCUT2D eigenvalue weighted by atomic mass is 35.5. The first kappa shape index (κ1) is 14.9. The maximum atomic E-state index is 11.2. The summed E-state index contributed by atoms with van der Waals surface area (Å²) in [5, 5.41) is 11.5. The molecule has 0 spiro atoms. The van der Waals surface area contributed by atoms with Crippen molar-refractivity contribution in [1.82, 2.24) is 15.0 Å². The van der Waals surface area contributed by atoms with Crippen LogP contribution in [0.2, 0.25) is 5.02 Å². The Labute approximate surface area is 136 Å². The summed E-state index contributed by atoms with van der Waals surface area (Å²) in [5.74, 6) is -0.171. The molecule has 8 heteroatoms. The van der Waals surface area contributed by atoms with Crippen LogP contribution in [0, 0.1) is 10.1 Å². The molecule has 0 fully saturated rings. The number of nitrogens with zero attached hydrogens (tertiary/aromatic N) is 4. The van der Waals surface area contributed by atoms with Crippen LogP contribution in [0.15, 0.2) is 49.1 Å². The second kappa shape index (κ2) is 5.98. The van der Waals surface area contributed by atoms with E-state index in [4.69, 9.17) is 17.3 Å². The Morgan fingerprint density at radius 3 is 2.43 bits per heavy atom. The van der Waals surface area contributed by atoms with E-state index in [1.54, 1.807) is 36.8 Å². The van der Waals surface area contributed by atoms with Gasteiger partial charge in [-0.3, -0.25) is 20.1 Å². The molecule has 23 heavy (non-hydrogen) atoms. The molecule has 3 heterocycles. The van der Waals surface area contributed by atoms with E-state index in [1.807, 2.05) is 0 Å².